The molecule has 0 bridgehead atoms. The highest BCUT2D eigenvalue weighted by Gasteiger charge is 2.23. The summed E-state index contributed by atoms with van der Waals surface area (Å²) in [5, 5.41) is 9.21. The molecule has 0 N–H and O–H groups in total. The van der Waals surface area contributed by atoms with Gasteiger partial charge >= 0.3 is 0 Å². The van der Waals surface area contributed by atoms with Crippen LogP contribution in [0, 0.1) is 0 Å². The topological polar surface area (TPSA) is 34.5 Å². The van der Waals surface area contributed by atoms with E-state index in [0.29, 0.717) is 0 Å². The third kappa shape index (κ3) is 5.87. The smallest absolute Gasteiger partial charge is 0.143 e. The van der Waals surface area contributed by atoms with Crippen LogP contribution in [0.25, 0.3) is 116 Å². The van der Waals surface area contributed by atoms with E-state index in [9.17, 15) is 0 Å². The normalized spacial score (nSPS) is 11.8. The van der Waals surface area contributed by atoms with E-state index in [2.05, 4.69) is 240 Å². The van der Waals surface area contributed by atoms with Gasteiger partial charge in [0, 0.05) is 65.8 Å². The van der Waals surface area contributed by atoms with Gasteiger partial charge in [0.2, 0.25) is 0 Å². The Hall–Kier alpha value is -9.12. The van der Waals surface area contributed by atoms with Crippen molar-refractivity contribution in [3.05, 3.63) is 243 Å². The predicted octanol–water partition coefficient (Wildman–Crippen LogP) is 18.2. The number of nitrogens with zero attached hydrogens (tertiary/aromatic N) is 2. The molecule has 0 aliphatic heterocycles. The molecule has 11 aromatic carbocycles. The van der Waals surface area contributed by atoms with Gasteiger partial charge < -0.3 is 18.3 Å². The van der Waals surface area contributed by atoms with Crippen molar-refractivity contribution in [1.82, 2.24) is 4.57 Å². The molecular weight excluding hydrogens is 829 g/mol. The number of rotatable bonds is 7. The quantitative estimate of drug-likeness (QED) is 0.160. The minimum atomic E-state index is 0.866. The van der Waals surface area contributed by atoms with E-state index in [1.807, 2.05) is 12.1 Å². The van der Waals surface area contributed by atoms with Crippen molar-refractivity contribution in [1.29, 1.82) is 0 Å². The summed E-state index contributed by atoms with van der Waals surface area (Å²) in [6.07, 6.45) is 0. The van der Waals surface area contributed by atoms with E-state index in [0.717, 1.165) is 111 Å². The predicted molar refractivity (Wildman–Crippen MR) is 284 cm³/mol. The first kappa shape index (κ1) is 38.2. The molecule has 4 heteroatoms. The van der Waals surface area contributed by atoms with Gasteiger partial charge in [0.25, 0.3) is 0 Å². The molecule has 14 rings (SSSR count). The summed E-state index contributed by atoms with van der Waals surface area (Å²) in [5.74, 6) is 0. The lowest BCUT2D eigenvalue weighted by Crippen LogP contribution is -2.11. The summed E-state index contributed by atoms with van der Waals surface area (Å²) in [6.45, 7) is 0. The van der Waals surface area contributed by atoms with Crippen LogP contribution >= 0.6 is 0 Å². The second-order valence-corrected chi connectivity index (χ2v) is 17.6. The summed E-state index contributed by atoms with van der Waals surface area (Å²) >= 11 is 0. The molecule has 68 heavy (non-hydrogen) atoms. The van der Waals surface area contributed by atoms with Gasteiger partial charge in [-0.2, -0.15) is 0 Å². The Morgan fingerprint density at radius 1 is 0.309 bits per heavy atom. The summed E-state index contributed by atoms with van der Waals surface area (Å²) in [7, 11) is 0. The van der Waals surface area contributed by atoms with E-state index >= 15 is 0 Å². The highest BCUT2D eigenvalue weighted by atomic mass is 16.3. The van der Waals surface area contributed by atoms with Crippen LogP contribution in [0.2, 0.25) is 0 Å². The minimum absolute atomic E-state index is 0.866. The lowest BCUT2D eigenvalue weighted by atomic mass is 9.95. The summed E-state index contributed by atoms with van der Waals surface area (Å²) < 4.78 is 15.6. The molecule has 0 saturated carbocycles. The number of furan rings is 2. The van der Waals surface area contributed by atoms with Crippen molar-refractivity contribution in [3.8, 4) is 39.1 Å². The summed E-state index contributed by atoms with van der Waals surface area (Å²) in [5.41, 5.74) is 16.9. The molecule has 14 aromatic rings. The Labute approximate surface area is 391 Å². The van der Waals surface area contributed by atoms with Crippen LogP contribution in [-0.2, 0) is 0 Å². The fourth-order valence-corrected chi connectivity index (χ4v) is 10.8. The van der Waals surface area contributed by atoms with Crippen molar-refractivity contribution in [2.24, 2.45) is 0 Å². The largest absolute Gasteiger partial charge is 0.455 e. The third-order valence-electron chi connectivity index (χ3n) is 13.8. The van der Waals surface area contributed by atoms with Gasteiger partial charge in [-0.25, -0.2) is 0 Å². The zero-order valence-corrected chi connectivity index (χ0v) is 36.8. The van der Waals surface area contributed by atoms with E-state index in [1.165, 1.54) is 21.8 Å². The van der Waals surface area contributed by atoms with Crippen molar-refractivity contribution in [2.75, 3.05) is 4.90 Å². The first-order chi connectivity index (χ1) is 33.7. The molecule has 0 aliphatic carbocycles. The zero-order chi connectivity index (χ0) is 44.7. The fraction of sp³-hybridized carbons (Fsp3) is 0. The molecule has 0 unspecified atom stereocenters. The van der Waals surface area contributed by atoms with Crippen LogP contribution in [0.3, 0.4) is 0 Å². The second kappa shape index (κ2) is 15.2. The van der Waals surface area contributed by atoms with E-state index in [4.69, 9.17) is 8.83 Å². The van der Waals surface area contributed by atoms with Crippen LogP contribution in [0.1, 0.15) is 0 Å². The Bertz CT molecular complexity index is 4210. The van der Waals surface area contributed by atoms with Crippen molar-refractivity contribution >= 4 is 93.5 Å². The van der Waals surface area contributed by atoms with Crippen LogP contribution in [0.5, 0.6) is 0 Å². The van der Waals surface area contributed by atoms with Gasteiger partial charge in [-0.1, -0.05) is 176 Å². The Morgan fingerprint density at radius 2 is 0.838 bits per heavy atom. The monoisotopic (exact) mass is 868 g/mol. The van der Waals surface area contributed by atoms with Gasteiger partial charge in [-0.05, 0) is 88.8 Å². The van der Waals surface area contributed by atoms with E-state index in [1.54, 1.807) is 0 Å². The SMILES string of the molecule is c1ccc(N(c2ccc(-c3ccccc3-n3c4ccccc4c4ccccc43)cc2)c2ccc(-c3cccc4c3oc3ccccc34)cc2)c(-c2cccc3oc4c5ccccc5ccc4c23)c1. The van der Waals surface area contributed by atoms with Crippen molar-refractivity contribution in [2.45, 2.75) is 0 Å². The zero-order valence-electron chi connectivity index (χ0n) is 36.8. The molecule has 0 spiro atoms. The Morgan fingerprint density at radius 3 is 1.60 bits per heavy atom. The Kier molecular flexibility index (Phi) is 8.55. The summed E-state index contributed by atoms with van der Waals surface area (Å²) in [4.78, 5) is 2.39. The van der Waals surface area contributed by atoms with E-state index < -0.39 is 0 Å². The number of hydrogen-bond donors (Lipinski definition) is 0. The maximum Gasteiger partial charge on any atom is 0.143 e. The molecule has 0 radical (unpaired) electrons. The highest BCUT2D eigenvalue weighted by molar-refractivity contribution is 6.20. The minimum Gasteiger partial charge on any atom is -0.455 e. The van der Waals surface area contributed by atoms with Gasteiger partial charge in [-0.15, -0.1) is 0 Å². The van der Waals surface area contributed by atoms with Gasteiger partial charge in [-0.3, -0.25) is 0 Å². The molecule has 318 valence electrons. The van der Waals surface area contributed by atoms with Gasteiger partial charge in [0.15, 0.2) is 0 Å². The fourth-order valence-electron chi connectivity index (χ4n) is 10.8. The summed E-state index contributed by atoms with van der Waals surface area (Å²) in [6, 6.07) is 86.9. The third-order valence-corrected chi connectivity index (χ3v) is 13.8. The van der Waals surface area contributed by atoms with Crippen LogP contribution in [-0.4, -0.2) is 4.57 Å². The number of fused-ring (bicyclic) bond motifs is 11. The van der Waals surface area contributed by atoms with Crippen LogP contribution in [0.4, 0.5) is 17.1 Å². The Balaban J connectivity index is 0.939. The second-order valence-electron chi connectivity index (χ2n) is 17.6. The first-order valence-corrected chi connectivity index (χ1v) is 23.2. The maximum absolute atomic E-state index is 6.72. The average molecular weight is 869 g/mol. The average Bonchev–Trinajstić information content (AvgIpc) is 4.10. The lowest BCUT2D eigenvalue weighted by molar-refractivity contribution is 0.670. The van der Waals surface area contributed by atoms with Crippen molar-refractivity contribution in [3.63, 3.8) is 0 Å². The molecule has 0 saturated heterocycles. The number of aromatic nitrogens is 1. The standard InChI is InChI=1S/C64H40N2O2/c1-2-17-47-41(15-1)35-40-55-62-53(23-14-30-61(62)68-64(47)55)51-20-6-9-26-57(51)65(45-38-33-43(34-39-45)48-22-13-24-54-52-21-7-12-29-60(52)67-63(48)54)44-36-31-42(32-37-44)46-16-3-8-25-56(46)66-58-27-10-4-18-49(58)50-19-5-11-28-59(50)66/h1-40H. The first-order valence-electron chi connectivity index (χ1n) is 23.2. The van der Waals surface area contributed by atoms with Gasteiger partial charge in [0.05, 0.1) is 22.4 Å². The number of para-hydroxylation sites is 6. The van der Waals surface area contributed by atoms with Crippen LogP contribution in [0.15, 0.2) is 251 Å². The molecule has 3 heterocycles. The molecule has 0 atom stereocenters. The molecule has 4 nitrogen and oxygen atoms in total. The van der Waals surface area contributed by atoms with Crippen molar-refractivity contribution < 1.29 is 8.83 Å². The molecular formula is C64H40N2O2. The number of benzene rings is 11. The molecule has 3 aromatic heterocycles. The van der Waals surface area contributed by atoms with E-state index in [-0.39, 0.29) is 0 Å². The molecule has 0 amide bonds. The maximum atomic E-state index is 6.72. The highest BCUT2D eigenvalue weighted by Crippen LogP contribution is 2.47. The lowest BCUT2D eigenvalue weighted by Gasteiger charge is -2.28. The van der Waals surface area contributed by atoms with Crippen LogP contribution < -0.4 is 4.90 Å². The molecule has 0 fully saturated rings. The number of anilines is 3. The van der Waals surface area contributed by atoms with Gasteiger partial charge in [0.1, 0.15) is 22.3 Å². The molecule has 0 aliphatic rings. The number of hydrogen-bond acceptors (Lipinski definition) is 3.